The molecule has 102 valence electrons. The van der Waals surface area contributed by atoms with Gasteiger partial charge in [-0.3, -0.25) is 0 Å². The van der Waals surface area contributed by atoms with E-state index >= 15 is 0 Å². The summed E-state index contributed by atoms with van der Waals surface area (Å²) < 4.78 is 38.1. The molecule has 20 heavy (non-hydrogen) atoms. The van der Waals surface area contributed by atoms with Crippen molar-refractivity contribution in [1.29, 1.82) is 5.26 Å². The first kappa shape index (κ1) is 14.2. The van der Waals surface area contributed by atoms with E-state index in [1.807, 2.05) is 0 Å². The zero-order chi connectivity index (χ0) is 14.9. The summed E-state index contributed by atoms with van der Waals surface area (Å²) >= 11 is 5.68. The number of alkyl halides is 3. The van der Waals surface area contributed by atoms with Crippen molar-refractivity contribution in [3.8, 4) is 17.3 Å². The Hall–Kier alpha value is -2.26. The quantitative estimate of drug-likeness (QED) is 0.459. The van der Waals surface area contributed by atoms with Crippen LogP contribution in [0.15, 0.2) is 36.4 Å². The van der Waals surface area contributed by atoms with Gasteiger partial charge in [0.05, 0.1) is 5.56 Å². The van der Waals surface area contributed by atoms with Gasteiger partial charge in [-0.2, -0.15) is 23.2 Å². The maximum absolute atomic E-state index is 12.6. The number of halogens is 4. The van der Waals surface area contributed by atoms with Crippen LogP contribution in [0.4, 0.5) is 13.2 Å². The van der Waals surface area contributed by atoms with Gasteiger partial charge in [-0.15, -0.1) is 0 Å². The van der Waals surface area contributed by atoms with Gasteiger partial charge in [0.2, 0.25) is 5.69 Å². The lowest BCUT2D eigenvalue weighted by atomic mass is 10.1. The molecule has 0 N–H and O–H groups in total. The zero-order valence-corrected chi connectivity index (χ0v) is 10.5. The van der Waals surface area contributed by atoms with Gasteiger partial charge in [0.15, 0.2) is 0 Å². The van der Waals surface area contributed by atoms with Crippen LogP contribution in [-0.4, -0.2) is 0 Å². The van der Waals surface area contributed by atoms with Crippen molar-refractivity contribution < 1.29 is 17.9 Å². The molecule has 0 atom stereocenters. The monoisotopic (exact) mass is 298 g/mol. The minimum atomic E-state index is -4.50. The van der Waals surface area contributed by atoms with Gasteiger partial charge < -0.3 is 5.21 Å². The van der Waals surface area contributed by atoms with Crippen LogP contribution in [0.25, 0.3) is 11.3 Å². The van der Waals surface area contributed by atoms with Crippen LogP contribution in [0.5, 0.6) is 0 Å². The summed E-state index contributed by atoms with van der Waals surface area (Å²) in [7, 11) is 0. The Kier molecular flexibility index (Phi) is 3.55. The Morgan fingerprint density at radius 1 is 1.20 bits per heavy atom. The third-order valence-electron chi connectivity index (χ3n) is 2.63. The van der Waals surface area contributed by atoms with Crippen LogP contribution < -0.4 is 4.73 Å². The number of rotatable bonds is 1. The van der Waals surface area contributed by atoms with Gasteiger partial charge >= 0.3 is 11.3 Å². The second-order valence-electron chi connectivity index (χ2n) is 3.91. The molecule has 2 rings (SSSR count). The summed E-state index contributed by atoms with van der Waals surface area (Å²) in [4.78, 5) is 0. The fourth-order valence-corrected chi connectivity index (χ4v) is 1.86. The lowest BCUT2D eigenvalue weighted by Crippen LogP contribution is -2.31. The average molecular weight is 299 g/mol. The van der Waals surface area contributed by atoms with E-state index in [2.05, 4.69) is 0 Å². The number of nitrogens with zero attached hydrogens (tertiary/aromatic N) is 2. The van der Waals surface area contributed by atoms with Gasteiger partial charge in [-0.05, 0) is 35.9 Å². The highest BCUT2D eigenvalue weighted by atomic mass is 35.5. The first-order valence-electron chi connectivity index (χ1n) is 5.34. The van der Waals surface area contributed by atoms with Gasteiger partial charge in [-0.1, -0.05) is 6.07 Å². The van der Waals surface area contributed by atoms with Crippen LogP contribution in [0.3, 0.4) is 0 Å². The van der Waals surface area contributed by atoms with Crippen molar-refractivity contribution in [3.05, 3.63) is 57.9 Å². The van der Waals surface area contributed by atoms with E-state index in [0.717, 1.165) is 12.1 Å². The second kappa shape index (κ2) is 5.02. The fraction of sp³-hybridized carbons (Fsp3) is 0.0769. The fourth-order valence-electron chi connectivity index (χ4n) is 1.67. The van der Waals surface area contributed by atoms with Crippen LogP contribution in [0.2, 0.25) is 5.15 Å². The smallest absolute Gasteiger partial charge is 0.416 e. The van der Waals surface area contributed by atoms with Crippen LogP contribution in [-0.2, 0) is 6.18 Å². The van der Waals surface area contributed by atoms with E-state index in [1.54, 1.807) is 6.07 Å². The summed E-state index contributed by atoms with van der Waals surface area (Å²) in [6, 6.07) is 8.58. The van der Waals surface area contributed by atoms with Gasteiger partial charge in [-0.25, -0.2) is 0 Å². The topological polar surface area (TPSA) is 50.7 Å². The van der Waals surface area contributed by atoms with E-state index in [4.69, 9.17) is 16.9 Å². The zero-order valence-electron chi connectivity index (χ0n) is 9.78. The molecular formula is C13H6ClF3N2O. The molecule has 0 bridgehead atoms. The maximum Gasteiger partial charge on any atom is 0.416 e. The SMILES string of the molecule is N#Cc1ccc(-c2cccc(C(F)(F)F)c2)[n+]([O-])c1Cl. The number of hydrogen-bond donors (Lipinski definition) is 0. The highest BCUT2D eigenvalue weighted by Crippen LogP contribution is 2.31. The van der Waals surface area contributed by atoms with Crippen LogP contribution in [0, 0.1) is 16.5 Å². The Labute approximate surface area is 117 Å². The molecule has 1 aromatic carbocycles. The molecule has 2 aromatic rings. The Bertz CT molecular complexity index is 708. The molecule has 0 aliphatic heterocycles. The number of pyridine rings is 1. The van der Waals surface area contributed by atoms with Crippen molar-refractivity contribution >= 4 is 11.6 Å². The molecule has 0 aliphatic rings. The minimum Gasteiger partial charge on any atom is -0.617 e. The van der Waals surface area contributed by atoms with E-state index < -0.39 is 11.7 Å². The summed E-state index contributed by atoms with van der Waals surface area (Å²) in [6.07, 6.45) is -4.50. The number of benzene rings is 1. The number of hydrogen-bond acceptors (Lipinski definition) is 2. The van der Waals surface area contributed by atoms with Crippen molar-refractivity contribution in [2.24, 2.45) is 0 Å². The third-order valence-corrected chi connectivity index (χ3v) is 2.99. The minimum absolute atomic E-state index is 0.0441. The molecule has 1 heterocycles. The van der Waals surface area contributed by atoms with Crippen molar-refractivity contribution in [3.63, 3.8) is 0 Å². The molecule has 0 fully saturated rings. The predicted octanol–water partition coefficient (Wildman–Crippen LogP) is 3.53. The van der Waals surface area contributed by atoms with Crippen LogP contribution >= 0.6 is 11.6 Å². The predicted molar refractivity (Wildman–Crippen MR) is 65.6 cm³/mol. The summed E-state index contributed by atoms with van der Waals surface area (Å²) in [5, 5.41) is 20.2. The molecule has 0 saturated heterocycles. The first-order valence-corrected chi connectivity index (χ1v) is 5.72. The van der Waals surface area contributed by atoms with Crippen molar-refractivity contribution in [2.75, 3.05) is 0 Å². The Morgan fingerprint density at radius 2 is 1.90 bits per heavy atom. The van der Waals surface area contributed by atoms with E-state index in [9.17, 15) is 18.4 Å². The van der Waals surface area contributed by atoms with Crippen molar-refractivity contribution in [1.82, 2.24) is 0 Å². The molecule has 0 spiro atoms. The molecule has 0 amide bonds. The molecule has 0 unspecified atom stereocenters. The van der Waals surface area contributed by atoms with E-state index in [-0.39, 0.29) is 26.7 Å². The normalized spacial score (nSPS) is 11.2. The molecule has 0 aliphatic carbocycles. The lowest BCUT2D eigenvalue weighted by molar-refractivity contribution is -0.591. The maximum atomic E-state index is 12.6. The first-order chi connectivity index (χ1) is 9.34. The summed E-state index contributed by atoms with van der Waals surface area (Å²) in [6.45, 7) is 0. The molecule has 3 nitrogen and oxygen atoms in total. The molecule has 7 heteroatoms. The molecular weight excluding hydrogens is 293 g/mol. The summed E-state index contributed by atoms with van der Waals surface area (Å²) in [5.41, 5.74) is -0.894. The number of nitriles is 1. The van der Waals surface area contributed by atoms with Gasteiger partial charge in [0.1, 0.15) is 11.6 Å². The van der Waals surface area contributed by atoms with Crippen molar-refractivity contribution in [2.45, 2.75) is 6.18 Å². The average Bonchev–Trinajstić information content (AvgIpc) is 2.41. The van der Waals surface area contributed by atoms with E-state index in [0.29, 0.717) is 0 Å². The van der Waals surface area contributed by atoms with Gasteiger partial charge in [0, 0.05) is 11.6 Å². The highest BCUT2D eigenvalue weighted by molar-refractivity contribution is 6.29. The largest absolute Gasteiger partial charge is 0.617 e. The van der Waals surface area contributed by atoms with Crippen LogP contribution in [0.1, 0.15) is 11.1 Å². The Balaban J connectivity index is 2.59. The third kappa shape index (κ3) is 2.53. The number of aromatic nitrogens is 1. The second-order valence-corrected chi connectivity index (χ2v) is 4.27. The molecule has 0 radical (unpaired) electrons. The lowest BCUT2D eigenvalue weighted by Gasteiger charge is -2.10. The standard InChI is InChI=1S/C13H6ClF3N2O/c14-12-9(7-18)4-5-11(19(12)20)8-2-1-3-10(6-8)13(15,16)17/h1-6H. The molecule has 1 aromatic heterocycles. The van der Waals surface area contributed by atoms with E-state index in [1.165, 1.54) is 24.3 Å². The Morgan fingerprint density at radius 3 is 2.50 bits per heavy atom. The highest BCUT2D eigenvalue weighted by Gasteiger charge is 2.31. The summed E-state index contributed by atoms with van der Waals surface area (Å²) in [5.74, 6) is 0. The van der Waals surface area contributed by atoms with Gasteiger partial charge in [0.25, 0.3) is 0 Å². The molecule has 0 saturated carbocycles.